The number of nitrogens with zero attached hydrogens (tertiary/aromatic N) is 2. The van der Waals surface area contributed by atoms with Crippen LogP contribution in [-0.2, 0) is 4.79 Å². The van der Waals surface area contributed by atoms with Crippen LogP contribution < -0.4 is 16.0 Å². The van der Waals surface area contributed by atoms with Crippen molar-refractivity contribution in [2.75, 3.05) is 33.7 Å². The molecule has 1 aliphatic rings. The normalized spacial score (nSPS) is 21.5. The van der Waals surface area contributed by atoms with Gasteiger partial charge in [0.05, 0.1) is 0 Å². The van der Waals surface area contributed by atoms with Crippen LogP contribution in [0.4, 0.5) is 0 Å². The summed E-state index contributed by atoms with van der Waals surface area (Å²) in [6, 6.07) is 0.528. The third-order valence-electron chi connectivity index (χ3n) is 4.72. The highest BCUT2D eigenvalue weighted by atomic mass is 16.1. The lowest BCUT2D eigenvalue weighted by Gasteiger charge is -2.30. The second-order valence-electron chi connectivity index (χ2n) is 7.52. The minimum atomic E-state index is 0.118. The van der Waals surface area contributed by atoms with Crippen LogP contribution in [0.15, 0.2) is 4.99 Å². The maximum atomic E-state index is 12.3. The number of unbranched alkanes of at least 4 members (excludes halogenated alkanes) is 1. The van der Waals surface area contributed by atoms with E-state index in [9.17, 15) is 4.79 Å². The van der Waals surface area contributed by atoms with E-state index in [-0.39, 0.29) is 17.9 Å². The molecular formula is C19H39N5O. The Hall–Kier alpha value is -1.30. The van der Waals surface area contributed by atoms with E-state index in [0.717, 1.165) is 51.3 Å². The Kier molecular flexibility index (Phi) is 10.5. The molecule has 0 heterocycles. The van der Waals surface area contributed by atoms with Crippen LogP contribution in [0.5, 0.6) is 0 Å². The summed E-state index contributed by atoms with van der Waals surface area (Å²) in [6.07, 6.45) is 6.54. The summed E-state index contributed by atoms with van der Waals surface area (Å²) in [7, 11) is 3.97. The monoisotopic (exact) mass is 353 g/mol. The SMILES string of the molecule is CCCCN(C)CCNC(=NC)NC1CCCC(C(=O)NC(C)C)C1. The summed E-state index contributed by atoms with van der Waals surface area (Å²) in [6.45, 7) is 9.27. The van der Waals surface area contributed by atoms with Crippen LogP contribution in [0.2, 0.25) is 0 Å². The van der Waals surface area contributed by atoms with E-state index in [0.29, 0.717) is 6.04 Å². The highest BCUT2D eigenvalue weighted by molar-refractivity contribution is 5.81. The molecular weight excluding hydrogens is 314 g/mol. The first-order chi connectivity index (χ1) is 12.0. The molecule has 0 aromatic heterocycles. The van der Waals surface area contributed by atoms with Gasteiger partial charge in [-0.1, -0.05) is 19.8 Å². The van der Waals surface area contributed by atoms with Gasteiger partial charge >= 0.3 is 0 Å². The van der Waals surface area contributed by atoms with Crippen molar-refractivity contribution in [3.8, 4) is 0 Å². The number of nitrogens with one attached hydrogen (secondary N) is 3. The molecule has 0 aliphatic heterocycles. The van der Waals surface area contributed by atoms with E-state index < -0.39 is 0 Å². The van der Waals surface area contributed by atoms with Crippen molar-refractivity contribution in [2.24, 2.45) is 10.9 Å². The molecule has 2 atom stereocenters. The second-order valence-corrected chi connectivity index (χ2v) is 7.52. The lowest BCUT2D eigenvalue weighted by molar-refractivity contribution is -0.126. The number of hydrogen-bond acceptors (Lipinski definition) is 3. The minimum Gasteiger partial charge on any atom is -0.355 e. The molecule has 6 nitrogen and oxygen atoms in total. The molecule has 0 aromatic carbocycles. The van der Waals surface area contributed by atoms with Gasteiger partial charge in [-0.2, -0.15) is 0 Å². The zero-order chi connectivity index (χ0) is 18.7. The topological polar surface area (TPSA) is 68.8 Å². The molecule has 1 rings (SSSR count). The molecule has 0 saturated heterocycles. The number of likely N-dealkylation sites (N-methyl/N-ethyl adjacent to an activating group) is 1. The summed E-state index contributed by atoms with van der Waals surface area (Å²) < 4.78 is 0. The van der Waals surface area contributed by atoms with Crippen LogP contribution >= 0.6 is 0 Å². The maximum absolute atomic E-state index is 12.3. The van der Waals surface area contributed by atoms with Crippen molar-refractivity contribution in [1.29, 1.82) is 0 Å². The van der Waals surface area contributed by atoms with Crippen molar-refractivity contribution >= 4 is 11.9 Å². The number of aliphatic imine (C=N–C) groups is 1. The molecule has 2 unspecified atom stereocenters. The first kappa shape index (κ1) is 21.7. The van der Waals surface area contributed by atoms with Crippen molar-refractivity contribution < 1.29 is 4.79 Å². The number of carbonyl (C=O) groups excluding carboxylic acids is 1. The standard InChI is InChI=1S/C19H39N5O/c1-6-7-12-24(5)13-11-21-19(20-4)23-17-10-8-9-16(14-17)18(25)22-15(2)3/h15-17H,6-14H2,1-5H3,(H,22,25)(H2,20,21,23). The van der Waals surface area contributed by atoms with Gasteiger partial charge in [-0.25, -0.2) is 0 Å². The molecule has 0 aromatic rings. The molecule has 1 amide bonds. The highest BCUT2D eigenvalue weighted by Gasteiger charge is 2.27. The molecule has 1 aliphatic carbocycles. The molecule has 0 spiro atoms. The third kappa shape index (κ3) is 9.10. The van der Waals surface area contributed by atoms with Gasteiger partial charge in [0.1, 0.15) is 0 Å². The van der Waals surface area contributed by atoms with Gasteiger partial charge in [0.2, 0.25) is 5.91 Å². The number of rotatable bonds is 9. The summed E-state index contributed by atoms with van der Waals surface area (Å²) in [5.74, 6) is 1.16. The Morgan fingerprint density at radius 1 is 1.28 bits per heavy atom. The van der Waals surface area contributed by atoms with E-state index in [1.165, 1.54) is 12.8 Å². The number of guanidine groups is 1. The zero-order valence-electron chi connectivity index (χ0n) is 16.9. The summed E-state index contributed by atoms with van der Waals surface area (Å²) in [5.41, 5.74) is 0. The fourth-order valence-corrected chi connectivity index (χ4v) is 3.25. The van der Waals surface area contributed by atoms with Crippen molar-refractivity contribution in [3.63, 3.8) is 0 Å². The Balaban J connectivity index is 2.35. The molecule has 1 saturated carbocycles. The molecule has 146 valence electrons. The number of hydrogen-bond donors (Lipinski definition) is 3. The van der Waals surface area contributed by atoms with E-state index in [2.05, 4.69) is 39.8 Å². The summed E-state index contributed by atoms with van der Waals surface area (Å²) in [4.78, 5) is 18.9. The fourth-order valence-electron chi connectivity index (χ4n) is 3.25. The van der Waals surface area contributed by atoms with Gasteiger partial charge in [-0.15, -0.1) is 0 Å². The molecule has 0 radical (unpaired) electrons. The van der Waals surface area contributed by atoms with Gasteiger partial charge in [0.25, 0.3) is 0 Å². The van der Waals surface area contributed by atoms with Gasteiger partial charge in [-0.3, -0.25) is 9.79 Å². The molecule has 1 fully saturated rings. The van der Waals surface area contributed by atoms with Crippen LogP contribution in [0.3, 0.4) is 0 Å². The minimum absolute atomic E-state index is 0.118. The molecule has 3 N–H and O–H groups in total. The van der Waals surface area contributed by atoms with Gasteiger partial charge in [-0.05, 0) is 53.1 Å². The lowest BCUT2D eigenvalue weighted by atomic mass is 9.85. The smallest absolute Gasteiger partial charge is 0.223 e. The first-order valence-electron chi connectivity index (χ1n) is 9.92. The average molecular weight is 354 g/mol. The first-order valence-corrected chi connectivity index (χ1v) is 9.92. The van der Waals surface area contributed by atoms with E-state index in [1.807, 2.05) is 20.9 Å². The van der Waals surface area contributed by atoms with Gasteiger partial charge in [0, 0.05) is 38.1 Å². The Bertz CT molecular complexity index is 411. The Labute approximate surface area is 154 Å². The molecule has 25 heavy (non-hydrogen) atoms. The lowest BCUT2D eigenvalue weighted by Crippen LogP contribution is -2.48. The average Bonchev–Trinajstić information content (AvgIpc) is 2.58. The zero-order valence-corrected chi connectivity index (χ0v) is 16.9. The summed E-state index contributed by atoms with van der Waals surface area (Å²) in [5, 5.41) is 9.94. The van der Waals surface area contributed by atoms with E-state index in [4.69, 9.17) is 0 Å². The predicted molar refractivity (Wildman–Crippen MR) is 106 cm³/mol. The van der Waals surface area contributed by atoms with E-state index >= 15 is 0 Å². The summed E-state index contributed by atoms with van der Waals surface area (Å²) >= 11 is 0. The molecule has 6 heteroatoms. The van der Waals surface area contributed by atoms with Gasteiger partial charge < -0.3 is 20.9 Å². The quantitative estimate of drug-likeness (QED) is 0.438. The fraction of sp³-hybridized carbons (Fsp3) is 0.895. The van der Waals surface area contributed by atoms with Crippen LogP contribution in [0.25, 0.3) is 0 Å². The largest absolute Gasteiger partial charge is 0.355 e. The van der Waals surface area contributed by atoms with Crippen LogP contribution in [0, 0.1) is 5.92 Å². The molecule has 0 bridgehead atoms. The predicted octanol–water partition coefficient (Wildman–Crippen LogP) is 1.97. The maximum Gasteiger partial charge on any atom is 0.223 e. The van der Waals surface area contributed by atoms with E-state index in [1.54, 1.807) is 0 Å². The van der Waals surface area contributed by atoms with Crippen LogP contribution in [0.1, 0.15) is 59.3 Å². The Morgan fingerprint density at radius 3 is 2.68 bits per heavy atom. The number of amides is 1. The Morgan fingerprint density at radius 2 is 2.04 bits per heavy atom. The highest BCUT2D eigenvalue weighted by Crippen LogP contribution is 2.24. The number of carbonyl (C=O) groups is 1. The second kappa shape index (κ2) is 12.1. The van der Waals surface area contributed by atoms with Gasteiger partial charge in [0.15, 0.2) is 5.96 Å². The van der Waals surface area contributed by atoms with Crippen molar-refractivity contribution in [1.82, 2.24) is 20.9 Å². The van der Waals surface area contributed by atoms with Crippen LogP contribution in [-0.4, -0.2) is 62.6 Å². The van der Waals surface area contributed by atoms with Crippen molar-refractivity contribution in [3.05, 3.63) is 0 Å². The third-order valence-corrected chi connectivity index (χ3v) is 4.72. The van der Waals surface area contributed by atoms with Crippen molar-refractivity contribution in [2.45, 2.75) is 71.4 Å².